The molecule has 110 valence electrons. The second-order valence-corrected chi connectivity index (χ2v) is 6.42. The smallest absolute Gasteiger partial charge is 0.227 e. The zero-order chi connectivity index (χ0) is 14.8. The highest BCUT2D eigenvalue weighted by atomic mass is 16.2. The summed E-state index contributed by atoms with van der Waals surface area (Å²) in [6, 6.07) is 8.22. The Morgan fingerprint density at radius 1 is 1.40 bits per heavy atom. The summed E-state index contributed by atoms with van der Waals surface area (Å²) < 4.78 is 0. The fourth-order valence-electron chi connectivity index (χ4n) is 3.15. The van der Waals surface area contributed by atoms with Gasteiger partial charge in [0.2, 0.25) is 5.91 Å². The van der Waals surface area contributed by atoms with Crippen LogP contribution in [0.4, 0.5) is 0 Å². The molecule has 2 rings (SSSR count). The molecule has 1 aromatic rings. The van der Waals surface area contributed by atoms with Crippen LogP contribution in [0.3, 0.4) is 0 Å². The van der Waals surface area contributed by atoms with Crippen molar-refractivity contribution in [2.75, 3.05) is 7.05 Å². The zero-order valence-electron chi connectivity index (χ0n) is 12.9. The van der Waals surface area contributed by atoms with Gasteiger partial charge >= 0.3 is 0 Å². The van der Waals surface area contributed by atoms with Gasteiger partial charge in [0, 0.05) is 19.1 Å². The Balaban J connectivity index is 2.07. The average molecular weight is 274 g/mol. The lowest BCUT2D eigenvalue weighted by Crippen LogP contribution is -2.53. The molecule has 1 saturated carbocycles. The monoisotopic (exact) mass is 274 g/mol. The lowest BCUT2D eigenvalue weighted by Gasteiger charge is -2.39. The standard InChI is InChI=1S/C17H26N2O/c1-13-8-4-5-9-14(13)12-19(3)16(20)15-10-6-7-11-17(15,2)18/h4-5,8-9,15H,6-7,10-12,18H2,1-3H3. The van der Waals surface area contributed by atoms with Crippen LogP contribution in [0.1, 0.15) is 43.7 Å². The van der Waals surface area contributed by atoms with Crippen molar-refractivity contribution in [2.45, 2.75) is 51.6 Å². The normalized spacial score (nSPS) is 26.3. The third kappa shape index (κ3) is 3.21. The molecule has 3 nitrogen and oxygen atoms in total. The Morgan fingerprint density at radius 2 is 2.10 bits per heavy atom. The Hall–Kier alpha value is -1.35. The maximum Gasteiger partial charge on any atom is 0.227 e. The first-order chi connectivity index (χ1) is 9.42. The first kappa shape index (κ1) is 15.0. The molecule has 0 radical (unpaired) electrons. The van der Waals surface area contributed by atoms with Gasteiger partial charge in [0.1, 0.15) is 0 Å². The Morgan fingerprint density at radius 3 is 2.75 bits per heavy atom. The number of hydrogen-bond acceptors (Lipinski definition) is 2. The largest absolute Gasteiger partial charge is 0.341 e. The van der Waals surface area contributed by atoms with Crippen molar-refractivity contribution in [3.63, 3.8) is 0 Å². The maximum atomic E-state index is 12.7. The lowest BCUT2D eigenvalue weighted by molar-refractivity contribution is -0.138. The highest BCUT2D eigenvalue weighted by Gasteiger charge is 2.39. The molecule has 0 spiro atoms. The fourth-order valence-corrected chi connectivity index (χ4v) is 3.15. The summed E-state index contributed by atoms with van der Waals surface area (Å²) in [4.78, 5) is 14.5. The molecule has 2 atom stereocenters. The van der Waals surface area contributed by atoms with Crippen LogP contribution in [0.5, 0.6) is 0 Å². The highest BCUT2D eigenvalue weighted by molar-refractivity contribution is 5.80. The average Bonchev–Trinajstić information content (AvgIpc) is 2.40. The van der Waals surface area contributed by atoms with Crippen molar-refractivity contribution in [1.29, 1.82) is 0 Å². The van der Waals surface area contributed by atoms with Gasteiger partial charge in [0.15, 0.2) is 0 Å². The number of benzene rings is 1. The Bertz CT molecular complexity index is 482. The predicted octanol–water partition coefficient (Wildman–Crippen LogP) is 2.86. The molecular formula is C17H26N2O. The molecule has 0 aliphatic heterocycles. The summed E-state index contributed by atoms with van der Waals surface area (Å²) in [5, 5.41) is 0. The van der Waals surface area contributed by atoms with Gasteiger partial charge in [-0.3, -0.25) is 4.79 Å². The number of nitrogens with zero attached hydrogens (tertiary/aromatic N) is 1. The van der Waals surface area contributed by atoms with Crippen LogP contribution in [-0.2, 0) is 11.3 Å². The molecule has 1 fully saturated rings. The van der Waals surface area contributed by atoms with E-state index in [0.717, 1.165) is 25.7 Å². The van der Waals surface area contributed by atoms with E-state index in [0.29, 0.717) is 6.54 Å². The van der Waals surface area contributed by atoms with Crippen LogP contribution in [0.15, 0.2) is 24.3 Å². The van der Waals surface area contributed by atoms with Crippen molar-refractivity contribution in [3.8, 4) is 0 Å². The minimum atomic E-state index is -0.352. The summed E-state index contributed by atoms with van der Waals surface area (Å²) in [6.45, 7) is 4.77. The number of rotatable bonds is 3. The molecule has 20 heavy (non-hydrogen) atoms. The van der Waals surface area contributed by atoms with Gasteiger partial charge in [0.25, 0.3) is 0 Å². The molecule has 1 amide bonds. The quantitative estimate of drug-likeness (QED) is 0.921. The Labute approximate surface area is 122 Å². The summed E-state index contributed by atoms with van der Waals surface area (Å²) in [7, 11) is 1.89. The van der Waals surface area contributed by atoms with Crippen LogP contribution in [0, 0.1) is 12.8 Å². The van der Waals surface area contributed by atoms with E-state index in [4.69, 9.17) is 5.73 Å². The van der Waals surface area contributed by atoms with Gasteiger partial charge < -0.3 is 10.6 Å². The minimum absolute atomic E-state index is 0.0368. The fraction of sp³-hybridized carbons (Fsp3) is 0.588. The van der Waals surface area contributed by atoms with E-state index in [1.54, 1.807) is 0 Å². The molecule has 0 saturated heterocycles. The molecule has 2 unspecified atom stereocenters. The maximum absolute atomic E-state index is 12.7. The van der Waals surface area contributed by atoms with Gasteiger partial charge in [-0.2, -0.15) is 0 Å². The zero-order valence-corrected chi connectivity index (χ0v) is 12.9. The SMILES string of the molecule is Cc1ccccc1CN(C)C(=O)C1CCCCC1(C)N. The molecule has 1 aliphatic carbocycles. The van der Waals surface area contributed by atoms with Crippen molar-refractivity contribution in [1.82, 2.24) is 4.90 Å². The number of nitrogens with two attached hydrogens (primary N) is 1. The van der Waals surface area contributed by atoms with Crippen molar-refractivity contribution in [2.24, 2.45) is 11.7 Å². The molecule has 3 heteroatoms. The first-order valence-electron chi connectivity index (χ1n) is 7.50. The van der Waals surface area contributed by atoms with E-state index in [9.17, 15) is 4.79 Å². The minimum Gasteiger partial charge on any atom is -0.341 e. The van der Waals surface area contributed by atoms with Gasteiger partial charge in [-0.1, -0.05) is 37.1 Å². The van der Waals surface area contributed by atoms with Crippen LogP contribution in [0.2, 0.25) is 0 Å². The lowest BCUT2D eigenvalue weighted by atomic mass is 9.74. The van der Waals surface area contributed by atoms with Crippen molar-refractivity contribution >= 4 is 5.91 Å². The predicted molar refractivity (Wildman–Crippen MR) is 82.2 cm³/mol. The summed E-state index contributed by atoms with van der Waals surface area (Å²) in [5.41, 5.74) is 8.42. The third-order valence-electron chi connectivity index (χ3n) is 4.60. The van der Waals surface area contributed by atoms with E-state index in [1.165, 1.54) is 11.1 Å². The summed E-state index contributed by atoms with van der Waals surface area (Å²) in [5.74, 6) is 0.156. The first-order valence-corrected chi connectivity index (χ1v) is 7.50. The molecule has 0 heterocycles. The highest BCUT2D eigenvalue weighted by Crippen LogP contribution is 2.33. The number of aryl methyl sites for hydroxylation is 1. The van der Waals surface area contributed by atoms with E-state index in [1.807, 2.05) is 31.0 Å². The van der Waals surface area contributed by atoms with Crippen LogP contribution < -0.4 is 5.73 Å². The van der Waals surface area contributed by atoms with E-state index in [-0.39, 0.29) is 17.4 Å². The molecule has 1 aliphatic rings. The van der Waals surface area contributed by atoms with E-state index < -0.39 is 0 Å². The molecule has 2 N–H and O–H groups in total. The Kier molecular flexibility index (Phi) is 4.48. The second-order valence-electron chi connectivity index (χ2n) is 6.42. The van der Waals surface area contributed by atoms with Gasteiger partial charge in [-0.15, -0.1) is 0 Å². The molecular weight excluding hydrogens is 248 g/mol. The van der Waals surface area contributed by atoms with Crippen LogP contribution >= 0.6 is 0 Å². The number of hydrogen-bond donors (Lipinski definition) is 1. The molecule has 1 aromatic carbocycles. The van der Waals surface area contributed by atoms with Gasteiger partial charge in [-0.25, -0.2) is 0 Å². The summed E-state index contributed by atoms with van der Waals surface area (Å²) >= 11 is 0. The van der Waals surface area contributed by atoms with Gasteiger partial charge in [-0.05, 0) is 37.8 Å². The van der Waals surface area contributed by atoms with E-state index in [2.05, 4.69) is 19.1 Å². The number of carbonyl (C=O) groups is 1. The number of carbonyl (C=O) groups excluding carboxylic acids is 1. The van der Waals surface area contributed by atoms with Crippen LogP contribution in [0.25, 0.3) is 0 Å². The van der Waals surface area contributed by atoms with Crippen molar-refractivity contribution < 1.29 is 4.79 Å². The topological polar surface area (TPSA) is 46.3 Å². The number of amides is 1. The summed E-state index contributed by atoms with van der Waals surface area (Å²) in [6.07, 6.45) is 4.12. The third-order valence-corrected chi connectivity index (χ3v) is 4.60. The van der Waals surface area contributed by atoms with Crippen molar-refractivity contribution in [3.05, 3.63) is 35.4 Å². The van der Waals surface area contributed by atoms with E-state index >= 15 is 0 Å². The molecule has 0 aromatic heterocycles. The second kappa shape index (κ2) is 5.96. The molecule has 0 bridgehead atoms. The van der Waals surface area contributed by atoms with Gasteiger partial charge in [0.05, 0.1) is 5.92 Å². The van der Waals surface area contributed by atoms with Crippen LogP contribution in [-0.4, -0.2) is 23.4 Å².